The lowest BCUT2D eigenvalue weighted by Crippen LogP contribution is -2.66. The number of hydrogen-bond acceptors (Lipinski definition) is 8. The molecule has 1 spiro atoms. The molecule has 2 aliphatic rings. The fraction of sp³-hybridized carbons (Fsp3) is 0.391. The van der Waals surface area contributed by atoms with Crippen LogP contribution in [0.5, 0.6) is 0 Å². The van der Waals surface area contributed by atoms with Crippen LogP contribution in [0.3, 0.4) is 0 Å². The number of carbonyl (C=O) groups is 2. The van der Waals surface area contributed by atoms with Crippen molar-refractivity contribution in [2.45, 2.75) is 32.4 Å². The summed E-state index contributed by atoms with van der Waals surface area (Å²) in [6.45, 7) is 3.59. The SMILES string of the molecule is CCOC(=O)c1cc(COC(=O)N(c2ccc3cc(F)ccc3n2)C2CC3(CNC3)C2)on1. The Balaban J connectivity index is 1.34. The van der Waals surface area contributed by atoms with Gasteiger partial charge in [0.25, 0.3) is 0 Å². The number of hydrogen-bond donors (Lipinski definition) is 1. The molecule has 1 N–H and O–H groups in total. The van der Waals surface area contributed by atoms with Crippen LogP contribution >= 0.6 is 0 Å². The first-order chi connectivity index (χ1) is 16.0. The van der Waals surface area contributed by atoms with E-state index in [-0.39, 0.29) is 41.9 Å². The maximum atomic E-state index is 13.5. The summed E-state index contributed by atoms with van der Waals surface area (Å²) in [6, 6.07) is 9.08. The Morgan fingerprint density at radius 3 is 2.76 bits per heavy atom. The zero-order chi connectivity index (χ0) is 23.0. The van der Waals surface area contributed by atoms with Crippen LogP contribution in [0, 0.1) is 11.2 Å². The summed E-state index contributed by atoms with van der Waals surface area (Å²) < 4.78 is 29.0. The Morgan fingerprint density at radius 1 is 1.21 bits per heavy atom. The van der Waals surface area contributed by atoms with Crippen LogP contribution < -0.4 is 10.2 Å². The third kappa shape index (κ3) is 4.13. The molecular weight excluding hydrogens is 431 g/mol. The molecule has 10 heteroatoms. The third-order valence-electron chi connectivity index (χ3n) is 6.16. The number of pyridine rings is 1. The van der Waals surface area contributed by atoms with E-state index in [2.05, 4.69) is 15.5 Å². The number of amides is 1. The van der Waals surface area contributed by atoms with Gasteiger partial charge in [-0.15, -0.1) is 0 Å². The second kappa shape index (κ2) is 8.43. The zero-order valence-electron chi connectivity index (χ0n) is 18.0. The van der Waals surface area contributed by atoms with Gasteiger partial charge in [-0.25, -0.2) is 19.0 Å². The molecule has 172 valence electrons. The van der Waals surface area contributed by atoms with Gasteiger partial charge >= 0.3 is 12.1 Å². The highest BCUT2D eigenvalue weighted by atomic mass is 19.1. The van der Waals surface area contributed by atoms with E-state index in [0.717, 1.165) is 25.9 Å². The Morgan fingerprint density at radius 2 is 2.03 bits per heavy atom. The molecule has 1 aliphatic carbocycles. The quantitative estimate of drug-likeness (QED) is 0.565. The van der Waals surface area contributed by atoms with Gasteiger partial charge in [-0.2, -0.15) is 0 Å². The predicted molar refractivity (Wildman–Crippen MR) is 115 cm³/mol. The van der Waals surface area contributed by atoms with Gasteiger partial charge < -0.3 is 19.3 Å². The van der Waals surface area contributed by atoms with Crippen LogP contribution in [0.25, 0.3) is 10.9 Å². The van der Waals surface area contributed by atoms with Crippen molar-refractivity contribution in [2.24, 2.45) is 5.41 Å². The van der Waals surface area contributed by atoms with Crippen molar-refractivity contribution < 1.29 is 28.0 Å². The minimum Gasteiger partial charge on any atom is -0.461 e. The molecule has 0 unspecified atom stereocenters. The van der Waals surface area contributed by atoms with E-state index in [9.17, 15) is 14.0 Å². The summed E-state index contributed by atoms with van der Waals surface area (Å²) in [5, 5.41) is 7.59. The summed E-state index contributed by atoms with van der Waals surface area (Å²) in [6.07, 6.45) is 1.10. The molecule has 0 atom stereocenters. The molecule has 2 fully saturated rings. The normalized spacial score (nSPS) is 16.8. The maximum absolute atomic E-state index is 13.5. The number of fused-ring (bicyclic) bond motifs is 1. The monoisotopic (exact) mass is 454 g/mol. The number of halogens is 1. The zero-order valence-corrected chi connectivity index (χ0v) is 18.0. The van der Waals surface area contributed by atoms with Gasteiger partial charge in [0.15, 0.2) is 18.1 Å². The number of carbonyl (C=O) groups excluding carboxylic acids is 2. The highest BCUT2D eigenvalue weighted by Crippen LogP contribution is 2.47. The molecule has 1 saturated carbocycles. The highest BCUT2D eigenvalue weighted by molar-refractivity contribution is 5.90. The summed E-state index contributed by atoms with van der Waals surface area (Å²) in [5.41, 5.74) is 0.824. The van der Waals surface area contributed by atoms with E-state index in [1.807, 2.05) is 0 Å². The Labute approximate surface area is 188 Å². The topological polar surface area (TPSA) is 107 Å². The van der Waals surface area contributed by atoms with Crippen molar-refractivity contribution in [1.29, 1.82) is 0 Å². The van der Waals surface area contributed by atoms with E-state index >= 15 is 0 Å². The molecule has 1 aromatic carbocycles. The number of nitrogens with zero attached hydrogens (tertiary/aromatic N) is 3. The minimum absolute atomic E-state index is 0.0154. The van der Waals surface area contributed by atoms with Crippen LogP contribution in [-0.4, -0.2) is 47.9 Å². The molecule has 0 bridgehead atoms. The van der Waals surface area contributed by atoms with Crippen molar-refractivity contribution in [1.82, 2.24) is 15.5 Å². The standard InChI is InChI=1S/C23H23FN4O5/c1-2-31-21(29)19-8-17(33-27-19)11-32-22(30)28(16-9-23(10-16)12-25-13-23)20-6-3-14-7-15(24)4-5-18(14)26-20/h3-8,16,25H,2,9-13H2,1H3. The van der Waals surface area contributed by atoms with Gasteiger partial charge in [-0.3, -0.25) is 4.90 Å². The fourth-order valence-corrected chi connectivity index (χ4v) is 4.42. The van der Waals surface area contributed by atoms with Crippen molar-refractivity contribution in [3.05, 3.63) is 53.7 Å². The first-order valence-electron chi connectivity index (χ1n) is 10.8. The average Bonchev–Trinajstić information content (AvgIpc) is 3.22. The molecule has 0 radical (unpaired) electrons. The van der Waals surface area contributed by atoms with E-state index in [1.165, 1.54) is 18.2 Å². The first kappa shape index (κ1) is 21.3. The molecule has 3 heterocycles. The molecular formula is C23H23FN4O5. The molecule has 1 saturated heterocycles. The second-order valence-electron chi connectivity index (χ2n) is 8.50. The number of nitrogens with one attached hydrogen (secondary N) is 1. The fourth-order valence-electron chi connectivity index (χ4n) is 4.42. The number of aromatic nitrogens is 2. The number of esters is 1. The van der Waals surface area contributed by atoms with E-state index in [0.29, 0.717) is 16.7 Å². The molecule has 9 nitrogen and oxygen atoms in total. The average molecular weight is 454 g/mol. The van der Waals surface area contributed by atoms with Gasteiger partial charge in [-0.1, -0.05) is 5.16 Å². The molecule has 5 rings (SSSR count). The number of anilines is 1. The summed E-state index contributed by atoms with van der Waals surface area (Å²) >= 11 is 0. The molecule has 3 aromatic rings. The Kier molecular flexibility index (Phi) is 5.45. The molecule has 1 amide bonds. The van der Waals surface area contributed by atoms with Gasteiger partial charge in [0.05, 0.1) is 12.1 Å². The number of ether oxygens (including phenoxy) is 2. The number of rotatable bonds is 6. The van der Waals surface area contributed by atoms with Crippen molar-refractivity contribution in [3.63, 3.8) is 0 Å². The highest BCUT2D eigenvalue weighted by Gasteiger charge is 2.52. The lowest BCUT2D eigenvalue weighted by molar-refractivity contribution is 0.0324. The number of benzene rings is 1. The van der Waals surface area contributed by atoms with E-state index in [1.54, 1.807) is 30.0 Å². The first-order valence-corrected chi connectivity index (χ1v) is 10.8. The lowest BCUT2D eigenvalue weighted by atomic mass is 9.61. The minimum atomic E-state index is -0.605. The molecule has 33 heavy (non-hydrogen) atoms. The summed E-state index contributed by atoms with van der Waals surface area (Å²) in [4.78, 5) is 31.0. The smallest absolute Gasteiger partial charge is 0.416 e. The lowest BCUT2D eigenvalue weighted by Gasteiger charge is -2.56. The van der Waals surface area contributed by atoms with Crippen molar-refractivity contribution >= 4 is 28.8 Å². The van der Waals surface area contributed by atoms with Crippen LogP contribution in [0.2, 0.25) is 0 Å². The Hall–Kier alpha value is -3.53. The van der Waals surface area contributed by atoms with Crippen LogP contribution in [0.1, 0.15) is 36.0 Å². The Bertz CT molecular complexity index is 1200. The maximum Gasteiger partial charge on any atom is 0.416 e. The largest absolute Gasteiger partial charge is 0.461 e. The second-order valence-corrected chi connectivity index (χ2v) is 8.50. The van der Waals surface area contributed by atoms with Gasteiger partial charge in [0.2, 0.25) is 0 Å². The molecule has 2 aromatic heterocycles. The van der Waals surface area contributed by atoms with Crippen LogP contribution in [-0.2, 0) is 16.1 Å². The van der Waals surface area contributed by atoms with Crippen molar-refractivity contribution in [3.8, 4) is 0 Å². The van der Waals surface area contributed by atoms with Crippen LogP contribution in [0.15, 0.2) is 40.9 Å². The van der Waals surface area contributed by atoms with E-state index < -0.39 is 12.1 Å². The third-order valence-corrected chi connectivity index (χ3v) is 6.16. The van der Waals surface area contributed by atoms with Crippen LogP contribution in [0.4, 0.5) is 15.0 Å². The van der Waals surface area contributed by atoms with E-state index in [4.69, 9.17) is 14.0 Å². The van der Waals surface area contributed by atoms with Gasteiger partial charge in [0.1, 0.15) is 11.6 Å². The van der Waals surface area contributed by atoms with Gasteiger partial charge in [-0.05, 0) is 55.5 Å². The summed E-state index contributed by atoms with van der Waals surface area (Å²) in [7, 11) is 0. The summed E-state index contributed by atoms with van der Waals surface area (Å²) in [5.74, 6) is -0.287. The predicted octanol–water partition coefficient (Wildman–Crippen LogP) is 3.43. The van der Waals surface area contributed by atoms with Gasteiger partial charge in [0, 0.05) is 30.6 Å². The molecule has 1 aliphatic heterocycles. The van der Waals surface area contributed by atoms with Crippen molar-refractivity contribution in [2.75, 3.05) is 24.6 Å².